The predicted octanol–water partition coefficient (Wildman–Crippen LogP) is -0.0712. The van der Waals surface area contributed by atoms with Crippen LogP contribution in [-0.2, 0) is 13.0 Å². The summed E-state index contributed by atoms with van der Waals surface area (Å²) in [5, 5.41) is 17.1. The van der Waals surface area contributed by atoms with Crippen molar-refractivity contribution in [1.29, 1.82) is 5.41 Å². The molecule has 0 aliphatic carbocycles. The number of halogens is 1. The molecular weight excluding hydrogens is 332 g/mol. The first-order valence-electron chi connectivity index (χ1n) is 6.40. The van der Waals surface area contributed by atoms with Gasteiger partial charge in [-0.2, -0.15) is 0 Å². The van der Waals surface area contributed by atoms with E-state index in [1.54, 1.807) is 24.3 Å². The SMILES string of the molecule is N=C1Cc2ccccc2CN1c1ccc(C(=O)O)cc1.[Br-]. The Kier molecular flexibility index (Phi) is 4.43. The first kappa shape index (κ1) is 15.3. The van der Waals surface area contributed by atoms with Crippen LogP contribution in [0.2, 0.25) is 0 Å². The topological polar surface area (TPSA) is 64.4 Å². The van der Waals surface area contributed by atoms with Crippen molar-refractivity contribution in [2.75, 3.05) is 4.90 Å². The molecule has 0 atom stereocenters. The van der Waals surface area contributed by atoms with Gasteiger partial charge in [-0.1, -0.05) is 24.3 Å². The molecule has 2 N–H and O–H groups in total. The van der Waals surface area contributed by atoms with Gasteiger partial charge in [0, 0.05) is 18.7 Å². The molecule has 0 radical (unpaired) electrons. The summed E-state index contributed by atoms with van der Waals surface area (Å²) in [7, 11) is 0. The molecule has 1 heterocycles. The van der Waals surface area contributed by atoms with Gasteiger partial charge >= 0.3 is 5.97 Å². The van der Waals surface area contributed by atoms with E-state index in [2.05, 4.69) is 12.1 Å². The zero-order valence-corrected chi connectivity index (χ0v) is 12.8. The summed E-state index contributed by atoms with van der Waals surface area (Å²) in [5.74, 6) is -0.401. The Labute approximate surface area is 133 Å². The lowest BCUT2D eigenvalue weighted by Crippen LogP contribution is -3.00. The monoisotopic (exact) mass is 345 g/mol. The van der Waals surface area contributed by atoms with Crippen LogP contribution in [0.25, 0.3) is 0 Å². The number of anilines is 1. The molecule has 108 valence electrons. The lowest BCUT2D eigenvalue weighted by Gasteiger charge is -2.31. The van der Waals surface area contributed by atoms with Crippen LogP contribution >= 0.6 is 0 Å². The number of amidine groups is 1. The van der Waals surface area contributed by atoms with E-state index in [0.717, 1.165) is 5.69 Å². The molecule has 0 fully saturated rings. The van der Waals surface area contributed by atoms with E-state index in [9.17, 15) is 4.79 Å². The number of fused-ring (bicyclic) bond motifs is 1. The molecule has 2 aromatic rings. The van der Waals surface area contributed by atoms with Crippen LogP contribution in [0, 0.1) is 5.41 Å². The van der Waals surface area contributed by atoms with Crippen molar-refractivity contribution in [2.45, 2.75) is 13.0 Å². The molecule has 0 unspecified atom stereocenters. The summed E-state index contributed by atoms with van der Waals surface area (Å²) in [6.07, 6.45) is 0.608. The van der Waals surface area contributed by atoms with Gasteiger partial charge in [0.25, 0.3) is 0 Å². The highest BCUT2D eigenvalue weighted by molar-refractivity contribution is 5.99. The van der Waals surface area contributed by atoms with E-state index < -0.39 is 5.97 Å². The molecule has 5 heteroatoms. The molecule has 0 saturated heterocycles. The van der Waals surface area contributed by atoms with Gasteiger partial charge in [0.15, 0.2) is 0 Å². The summed E-state index contributed by atoms with van der Waals surface area (Å²) in [4.78, 5) is 12.8. The Hall–Kier alpha value is -2.14. The van der Waals surface area contributed by atoms with Crippen LogP contribution in [0.5, 0.6) is 0 Å². The minimum Gasteiger partial charge on any atom is -1.00 e. The number of hydrogen-bond acceptors (Lipinski definition) is 2. The van der Waals surface area contributed by atoms with Gasteiger partial charge in [-0.25, -0.2) is 4.79 Å². The van der Waals surface area contributed by atoms with Crippen molar-refractivity contribution in [3.05, 3.63) is 65.2 Å². The van der Waals surface area contributed by atoms with Crippen LogP contribution in [0.15, 0.2) is 48.5 Å². The molecule has 0 spiro atoms. The van der Waals surface area contributed by atoms with Crippen molar-refractivity contribution in [3.8, 4) is 0 Å². The van der Waals surface area contributed by atoms with Crippen LogP contribution < -0.4 is 21.9 Å². The smallest absolute Gasteiger partial charge is 0.335 e. The number of carboxylic acids is 1. The highest BCUT2D eigenvalue weighted by atomic mass is 79.9. The molecule has 0 bridgehead atoms. The van der Waals surface area contributed by atoms with Crippen LogP contribution in [0.4, 0.5) is 5.69 Å². The second-order valence-electron chi connectivity index (χ2n) is 4.83. The molecule has 2 aromatic carbocycles. The quantitative estimate of drug-likeness (QED) is 0.800. The summed E-state index contributed by atoms with van der Waals surface area (Å²) < 4.78 is 0. The number of nitrogens with zero attached hydrogens (tertiary/aromatic N) is 1. The van der Waals surface area contributed by atoms with Crippen LogP contribution in [0.1, 0.15) is 21.5 Å². The molecule has 0 aromatic heterocycles. The molecule has 0 amide bonds. The lowest BCUT2D eigenvalue weighted by molar-refractivity contribution is -0.0000198. The fourth-order valence-electron chi connectivity index (χ4n) is 2.46. The Morgan fingerprint density at radius 3 is 2.29 bits per heavy atom. The fourth-order valence-corrected chi connectivity index (χ4v) is 2.46. The van der Waals surface area contributed by atoms with E-state index in [-0.39, 0.29) is 22.5 Å². The number of carboxylic acid groups (broad SMARTS) is 1. The maximum absolute atomic E-state index is 10.9. The molecule has 4 nitrogen and oxygen atoms in total. The average Bonchev–Trinajstić information content (AvgIpc) is 2.46. The highest BCUT2D eigenvalue weighted by Crippen LogP contribution is 2.25. The summed E-state index contributed by atoms with van der Waals surface area (Å²) >= 11 is 0. The van der Waals surface area contributed by atoms with Crippen LogP contribution in [0.3, 0.4) is 0 Å². The maximum atomic E-state index is 10.9. The number of rotatable bonds is 2. The summed E-state index contributed by atoms with van der Waals surface area (Å²) in [5.41, 5.74) is 3.52. The summed E-state index contributed by atoms with van der Waals surface area (Å²) in [6, 6.07) is 14.8. The van der Waals surface area contributed by atoms with Crippen molar-refractivity contribution >= 4 is 17.5 Å². The van der Waals surface area contributed by atoms with Gasteiger partial charge < -0.3 is 27.0 Å². The zero-order valence-electron chi connectivity index (χ0n) is 11.2. The Balaban J connectivity index is 0.00000161. The van der Waals surface area contributed by atoms with E-state index in [4.69, 9.17) is 10.5 Å². The lowest BCUT2D eigenvalue weighted by atomic mass is 9.98. The first-order valence-corrected chi connectivity index (χ1v) is 6.40. The molecular formula is C16H14BrN2O2-. The minimum absolute atomic E-state index is 0. The van der Waals surface area contributed by atoms with Gasteiger partial charge in [0.1, 0.15) is 5.84 Å². The van der Waals surface area contributed by atoms with E-state index in [1.807, 2.05) is 17.0 Å². The standard InChI is InChI=1S/C16H14N2O2.BrH/c17-15-9-12-3-1-2-4-13(12)10-18(15)14-7-5-11(6-8-14)16(19)20;/h1-8,17H,9-10H2,(H,19,20);1H/p-1. The number of benzene rings is 2. The Bertz CT molecular complexity index is 683. The average molecular weight is 346 g/mol. The van der Waals surface area contributed by atoms with Crippen molar-refractivity contribution < 1.29 is 26.9 Å². The third-order valence-electron chi connectivity index (χ3n) is 3.56. The maximum Gasteiger partial charge on any atom is 0.335 e. The molecule has 3 rings (SSSR count). The third-order valence-corrected chi connectivity index (χ3v) is 3.56. The number of aromatic carboxylic acids is 1. The summed E-state index contributed by atoms with van der Waals surface area (Å²) in [6.45, 7) is 0.654. The van der Waals surface area contributed by atoms with E-state index >= 15 is 0 Å². The van der Waals surface area contributed by atoms with Gasteiger partial charge in [-0.05, 0) is 35.4 Å². The molecule has 1 aliphatic rings. The number of carbonyl (C=O) groups is 1. The second kappa shape index (κ2) is 6.10. The van der Waals surface area contributed by atoms with Crippen molar-refractivity contribution in [3.63, 3.8) is 0 Å². The second-order valence-corrected chi connectivity index (χ2v) is 4.83. The third kappa shape index (κ3) is 2.97. The van der Waals surface area contributed by atoms with Crippen molar-refractivity contribution in [1.82, 2.24) is 0 Å². The van der Waals surface area contributed by atoms with Gasteiger partial charge in [-0.15, -0.1) is 0 Å². The number of hydrogen-bond donors (Lipinski definition) is 2. The zero-order chi connectivity index (χ0) is 14.1. The fraction of sp³-hybridized carbons (Fsp3) is 0.125. The molecule has 21 heavy (non-hydrogen) atoms. The van der Waals surface area contributed by atoms with Crippen molar-refractivity contribution in [2.24, 2.45) is 0 Å². The number of nitrogens with one attached hydrogen (secondary N) is 1. The van der Waals surface area contributed by atoms with E-state index in [1.165, 1.54) is 11.1 Å². The molecule has 0 saturated carbocycles. The largest absolute Gasteiger partial charge is 1.00 e. The van der Waals surface area contributed by atoms with E-state index in [0.29, 0.717) is 18.8 Å². The first-order chi connectivity index (χ1) is 9.65. The van der Waals surface area contributed by atoms with Crippen LogP contribution in [-0.4, -0.2) is 16.9 Å². The van der Waals surface area contributed by atoms with Gasteiger partial charge in [-0.3, -0.25) is 5.41 Å². The minimum atomic E-state index is -0.935. The van der Waals surface area contributed by atoms with Gasteiger partial charge in [0.05, 0.1) is 5.56 Å². The van der Waals surface area contributed by atoms with Gasteiger partial charge in [0.2, 0.25) is 0 Å². The molecule has 1 aliphatic heterocycles. The predicted molar refractivity (Wildman–Crippen MR) is 77.5 cm³/mol. The Morgan fingerprint density at radius 2 is 1.67 bits per heavy atom. The highest BCUT2D eigenvalue weighted by Gasteiger charge is 2.21. The Morgan fingerprint density at radius 1 is 1.05 bits per heavy atom. The normalized spacial score (nSPS) is 13.3.